The first-order valence-electron chi connectivity index (χ1n) is 6.99. The molecule has 106 valence electrons. The minimum absolute atomic E-state index is 0.161. The molecule has 0 saturated carbocycles. The molecule has 1 heterocycles. The molecule has 0 radical (unpaired) electrons. The predicted molar refractivity (Wildman–Crippen MR) is 75.7 cm³/mol. The van der Waals surface area contributed by atoms with Crippen LogP contribution in [0.5, 0.6) is 0 Å². The fourth-order valence-electron chi connectivity index (χ4n) is 2.67. The Bertz CT molecular complexity index is 384. The Hall–Kier alpha value is -0.940. The fraction of sp³-hybridized carbons (Fsp3) is 0.600. The van der Waals surface area contributed by atoms with E-state index in [9.17, 15) is 0 Å². The number of nitrogens with one attached hydrogen (secondary N) is 1. The molecule has 0 saturated heterocycles. The summed E-state index contributed by atoms with van der Waals surface area (Å²) in [6.07, 6.45) is 4.11. The van der Waals surface area contributed by atoms with Crippen LogP contribution in [-0.2, 0) is 15.9 Å². The highest BCUT2D eigenvalue weighted by Crippen LogP contribution is 2.30. The topological polar surface area (TPSA) is 56.5 Å². The van der Waals surface area contributed by atoms with Crippen LogP contribution < -0.4 is 11.3 Å². The molecule has 0 amide bonds. The number of rotatable bonds is 7. The number of fused-ring (bicyclic) bond motifs is 1. The number of nitrogens with two attached hydrogens (primary N) is 1. The Balaban J connectivity index is 1.94. The van der Waals surface area contributed by atoms with Crippen LogP contribution in [0, 0.1) is 0 Å². The van der Waals surface area contributed by atoms with Gasteiger partial charge >= 0.3 is 0 Å². The second-order valence-electron chi connectivity index (χ2n) is 5.04. The summed E-state index contributed by atoms with van der Waals surface area (Å²) in [5, 5.41) is 0. The summed E-state index contributed by atoms with van der Waals surface area (Å²) < 4.78 is 11.0. The lowest BCUT2D eigenvalue weighted by atomic mass is 9.92. The van der Waals surface area contributed by atoms with Crippen molar-refractivity contribution in [2.24, 2.45) is 5.84 Å². The highest BCUT2D eigenvalue weighted by molar-refractivity contribution is 5.30. The van der Waals surface area contributed by atoms with E-state index in [0.717, 1.165) is 38.9 Å². The molecule has 2 atom stereocenters. The van der Waals surface area contributed by atoms with E-state index in [1.54, 1.807) is 7.11 Å². The smallest absolute Gasteiger partial charge is 0.0843 e. The molecule has 0 fully saturated rings. The third-order valence-electron chi connectivity index (χ3n) is 3.73. The monoisotopic (exact) mass is 264 g/mol. The molecule has 1 aliphatic heterocycles. The van der Waals surface area contributed by atoms with Crippen molar-refractivity contribution >= 4 is 0 Å². The zero-order valence-electron chi connectivity index (χ0n) is 11.6. The van der Waals surface area contributed by atoms with Gasteiger partial charge in [0.15, 0.2) is 0 Å². The molecular weight excluding hydrogens is 240 g/mol. The van der Waals surface area contributed by atoms with Gasteiger partial charge in [0.2, 0.25) is 0 Å². The quantitative estimate of drug-likeness (QED) is 0.449. The molecule has 3 N–H and O–H groups in total. The Kier molecular flexibility index (Phi) is 5.79. The van der Waals surface area contributed by atoms with Gasteiger partial charge in [0.05, 0.1) is 12.7 Å². The lowest BCUT2D eigenvalue weighted by Gasteiger charge is -2.29. The number of hydrogen-bond donors (Lipinski definition) is 2. The van der Waals surface area contributed by atoms with Crippen LogP contribution >= 0.6 is 0 Å². The van der Waals surface area contributed by atoms with Crippen LogP contribution in [0.2, 0.25) is 0 Å². The lowest BCUT2D eigenvalue weighted by Crippen LogP contribution is -2.37. The summed E-state index contributed by atoms with van der Waals surface area (Å²) in [5.74, 6) is 5.65. The first kappa shape index (κ1) is 14.5. The van der Waals surface area contributed by atoms with Crippen molar-refractivity contribution < 1.29 is 9.47 Å². The van der Waals surface area contributed by atoms with Gasteiger partial charge in [-0.25, -0.2) is 0 Å². The van der Waals surface area contributed by atoms with E-state index in [0.29, 0.717) is 0 Å². The second-order valence-corrected chi connectivity index (χ2v) is 5.04. The molecule has 0 aromatic heterocycles. The summed E-state index contributed by atoms with van der Waals surface area (Å²) in [6.45, 7) is 1.58. The van der Waals surface area contributed by atoms with Crippen molar-refractivity contribution in [3.8, 4) is 0 Å². The Morgan fingerprint density at radius 1 is 1.47 bits per heavy atom. The first-order valence-corrected chi connectivity index (χ1v) is 6.99. The van der Waals surface area contributed by atoms with Gasteiger partial charge in [-0.1, -0.05) is 24.3 Å². The van der Waals surface area contributed by atoms with E-state index in [1.807, 2.05) is 0 Å². The maximum Gasteiger partial charge on any atom is 0.0843 e. The van der Waals surface area contributed by atoms with Crippen molar-refractivity contribution in [2.75, 3.05) is 20.3 Å². The largest absolute Gasteiger partial charge is 0.385 e. The number of ether oxygens (including phenoxy) is 2. The van der Waals surface area contributed by atoms with E-state index < -0.39 is 0 Å². The standard InChI is InChI=1S/C15H24N2O2/c1-18-9-4-6-13(17-16)11-15-14-7-3-2-5-12(14)8-10-19-15/h2-3,5,7,13,15,17H,4,6,8-11,16H2,1H3. The number of hydrogen-bond acceptors (Lipinski definition) is 4. The molecular formula is C15H24N2O2. The van der Waals surface area contributed by atoms with Gasteiger partial charge in [-0.15, -0.1) is 0 Å². The van der Waals surface area contributed by atoms with E-state index >= 15 is 0 Å². The molecule has 1 aromatic carbocycles. The van der Waals surface area contributed by atoms with Crippen LogP contribution in [0.4, 0.5) is 0 Å². The molecule has 4 heteroatoms. The van der Waals surface area contributed by atoms with Crippen LogP contribution in [0.3, 0.4) is 0 Å². The van der Waals surface area contributed by atoms with Gasteiger partial charge in [0.25, 0.3) is 0 Å². The van der Waals surface area contributed by atoms with Crippen LogP contribution in [0.1, 0.15) is 36.5 Å². The summed E-state index contributed by atoms with van der Waals surface area (Å²) >= 11 is 0. The van der Waals surface area contributed by atoms with Gasteiger partial charge in [-0.3, -0.25) is 11.3 Å². The Morgan fingerprint density at radius 3 is 3.11 bits per heavy atom. The molecule has 2 unspecified atom stereocenters. The van der Waals surface area contributed by atoms with Gasteiger partial charge in [-0.2, -0.15) is 0 Å². The minimum atomic E-state index is 0.161. The molecule has 1 aliphatic rings. The maximum atomic E-state index is 5.92. The molecule has 4 nitrogen and oxygen atoms in total. The van der Waals surface area contributed by atoms with E-state index in [1.165, 1.54) is 11.1 Å². The van der Waals surface area contributed by atoms with Crippen molar-refractivity contribution in [3.63, 3.8) is 0 Å². The Morgan fingerprint density at radius 2 is 2.32 bits per heavy atom. The number of hydrazine groups is 1. The van der Waals surface area contributed by atoms with Gasteiger partial charge in [0, 0.05) is 19.8 Å². The van der Waals surface area contributed by atoms with Gasteiger partial charge < -0.3 is 9.47 Å². The summed E-state index contributed by atoms with van der Waals surface area (Å²) in [7, 11) is 1.73. The van der Waals surface area contributed by atoms with Gasteiger partial charge in [-0.05, 0) is 36.8 Å². The first-order chi connectivity index (χ1) is 9.35. The van der Waals surface area contributed by atoms with E-state index in [4.69, 9.17) is 15.3 Å². The number of methoxy groups -OCH3 is 1. The third-order valence-corrected chi connectivity index (χ3v) is 3.73. The third kappa shape index (κ3) is 4.01. The van der Waals surface area contributed by atoms with Gasteiger partial charge in [0.1, 0.15) is 0 Å². The van der Waals surface area contributed by atoms with Crippen LogP contribution in [-0.4, -0.2) is 26.4 Å². The van der Waals surface area contributed by atoms with Crippen molar-refractivity contribution in [1.29, 1.82) is 0 Å². The maximum absolute atomic E-state index is 5.92. The zero-order chi connectivity index (χ0) is 13.5. The lowest BCUT2D eigenvalue weighted by molar-refractivity contribution is 0.0281. The molecule has 2 rings (SSSR count). The SMILES string of the molecule is COCCCC(CC1OCCc2ccccc21)NN. The second kappa shape index (κ2) is 7.60. The van der Waals surface area contributed by atoms with Crippen LogP contribution in [0.15, 0.2) is 24.3 Å². The zero-order valence-corrected chi connectivity index (χ0v) is 11.6. The predicted octanol–water partition coefficient (Wildman–Crippen LogP) is 1.95. The summed E-state index contributed by atoms with van der Waals surface area (Å²) in [6, 6.07) is 8.81. The fourth-order valence-corrected chi connectivity index (χ4v) is 2.67. The average Bonchev–Trinajstić information content (AvgIpc) is 2.46. The van der Waals surface area contributed by atoms with Crippen molar-refractivity contribution in [3.05, 3.63) is 35.4 Å². The minimum Gasteiger partial charge on any atom is -0.385 e. The van der Waals surface area contributed by atoms with E-state index in [2.05, 4.69) is 29.7 Å². The van der Waals surface area contributed by atoms with E-state index in [-0.39, 0.29) is 12.1 Å². The molecule has 0 bridgehead atoms. The number of benzene rings is 1. The highest BCUT2D eigenvalue weighted by atomic mass is 16.5. The normalized spacial score (nSPS) is 20.0. The molecule has 0 spiro atoms. The van der Waals surface area contributed by atoms with Crippen LogP contribution in [0.25, 0.3) is 0 Å². The average molecular weight is 264 g/mol. The molecule has 1 aromatic rings. The Labute approximate surface area is 115 Å². The van der Waals surface area contributed by atoms with Crippen molar-refractivity contribution in [1.82, 2.24) is 5.43 Å². The molecule has 0 aliphatic carbocycles. The van der Waals surface area contributed by atoms with Crippen molar-refractivity contribution in [2.45, 2.75) is 37.8 Å². The highest BCUT2D eigenvalue weighted by Gasteiger charge is 2.23. The summed E-state index contributed by atoms with van der Waals surface area (Å²) in [4.78, 5) is 0. The molecule has 19 heavy (non-hydrogen) atoms. The summed E-state index contributed by atoms with van der Waals surface area (Å²) in [5.41, 5.74) is 5.63.